The highest BCUT2D eigenvalue weighted by Gasteiger charge is 2.18. The molecule has 0 saturated heterocycles. The molecular formula is C13H22N2. The van der Waals surface area contributed by atoms with Gasteiger partial charge in [-0.1, -0.05) is 38.1 Å². The van der Waals surface area contributed by atoms with E-state index in [0.29, 0.717) is 12.5 Å². The number of rotatable bonds is 4. The van der Waals surface area contributed by atoms with Crippen LogP contribution in [-0.2, 0) is 5.54 Å². The summed E-state index contributed by atoms with van der Waals surface area (Å²) >= 11 is 0. The van der Waals surface area contributed by atoms with Gasteiger partial charge in [0.15, 0.2) is 0 Å². The Balaban J connectivity index is 2.90. The van der Waals surface area contributed by atoms with Crippen LogP contribution >= 0.6 is 0 Å². The van der Waals surface area contributed by atoms with Crippen LogP contribution in [0.3, 0.4) is 0 Å². The van der Waals surface area contributed by atoms with Crippen molar-refractivity contribution in [3.8, 4) is 0 Å². The first-order valence-corrected chi connectivity index (χ1v) is 5.60. The predicted octanol–water partition coefficient (Wildman–Crippen LogP) is 2.33. The molecule has 1 aromatic rings. The molecule has 15 heavy (non-hydrogen) atoms. The van der Waals surface area contributed by atoms with E-state index in [9.17, 15) is 0 Å². The maximum Gasteiger partial charge on any atom is 0.0505 e. The van der Waals surface area contributed by atoms with Gasteiger partial charge in [-0.3, -0.25) is 0 Å². The lowest BCUT2D eigenvalue weighted by atomic mass is 9.90. The zero-order chi connectivity index (χ0) is 11.5. The molecule has 0 spiro atoms. The van der Waals surface area contributed by atoms with Crippen LogP contribution in [0.2, 0.25) is 0 Å². The van der Waals surface area contributed by atoms with Crippen molar-refractivity contribution >= 4 is 0 Å². The summed E-state index contributed by atoms with van der Waals surface area (Å²) in [5.74, 6) is 0.612. The number of benzene rings is 1. The fourth-order valence-electron chi connectivity index (χ4n) is 1.55. The first kappa shape index (κ1) is 12.2. The second-order valence-electron chi connectivity index (χ2n) is 4.55. The van der Waals surface area contributed by atoms with Gasteiger partial charge >= 0.3 is 0 Å². The Bertz CT molecular complexity index is 301. The maximum absolute atomic E-state index is 6.07. The van der Waals surface area contributed by atoms with Gasteiger partial charge in [-0.05, 0) is 30.4 Å². The van der Waals surface area contributed by atoms with E-state index in [4.69, 9.17) is 11.5 Å². The summed E-state index contributed by atoms with van der Waals surface area (Å²) in [5.41, 5.74) is 13.8. The van der Waals surface area contributed by atoms with E-state index >= 15 is 0 Å². The highest BCUT2D eigenvalue weighted by atomic mass is 14.8. The van der Waals surface area contributed by atoms with Crippen LogP contribution in [0.5, 0.6) is 0 Å². The van der Waals surface area contributed by atoms with Crippen molar-refractivity contribution in [2.75, 3.05) is 6.54 Å². The third kappa shape index (κ3) is 2.80. The van der Waals surface area contributed by atoms with Gasteiger partial charge in [0.2, 0.25) is 0 Å². The minimum Gasteiger partial charge on any atom is -0.328 e. The van der Waals surface area contributed by atoms with Crippen LogP contribution in [0.25, 0.3) is 0 Å². The quantitative estimate of drug-likeness (QED) is 0.794. The number of hydrogen-bond acceptors (Lipinski definition) is 2. The Morgan fingerprint density at radius 3 is 2.20 bits per heavy atom. The van der Waals surface area contributed by atoms with Crippen molar-refractivity contribution in [1.29, 1.82) is 0 Å². The Hall–Kier alpha value is -0.860. The Labute approximate surface area is 92.7 Å². The van der Waals surface area contributed by atoms with Crippen LogP contribution in [0.4, 0.5) is 0 Å². The first-order valence-electron chi connectivity index (χ1n) is 5.60. The van der Waals surface area contributed by atoms with Crippen LogP contribution in [-0.4, -0.2) is 6.54 Å². The molecule has 0 amide bonds. The summed E-state index contributed by atoms with van der Waals surface area (Å²) in [6, 6.07) is 8.50. The molecule has 0 aromatic heterocycles. The number of nitrogens with two attached hydrogens (primary N) is 2. The van der Waals surface area contributed by atoms with Crippen LogP contribution in [0, 0.1) is 0 Å². The highest BCUT2D eigenvalue weighted by Crippen LogP contribution is 2.22. The zero-order valence-electron chi connectivity index (χ0n) is 9.96. The summed E-state index contributed by atoms with van der Waals surface area (Å²) in [6.07, 6.45) is 1.16. The molecule has 0 aliphatic carbocycles. The van der Waals surface area contributed by atoms with Gasteiger partial charge in [0.25, 0.3) is 0 Å². The molecule has 0 aliphatic heterocycles. The van der Waals surface area contributed by atoms with Crippen molar-refractivity contribution in [2.45, 2.75) is 38.6 Å². The van der Waals surface area contributed by atoms with E-state index in [1.807, 2.05) is 6.92 Å². The molecule has 2 atom stereocenters. The molecule has 1 aromatic carbocycles. The van der Waals surface area contributed by atoms with Gasteiger partial charge in [-0.15, -0.1) is 0 Å². The van der Waals surface area contributed by atoms with Crippen molar-refractivity contribution in [3.63, 3.8) is 0 Å². The zero-order valence-corrected chi connectivity index (χ0v) is 9.96. The number of hydrogen-bond donors (Lipinski definition) is 2. The van der Waals surface area contributed by atoms with E-state index in [2.05, 4.69) is 38.1 Å². The summed E-state index contributed by atoms with van der Waals surface area (Å²) in [7, 11) is 0. The second-order valence-corrected chi connectivity index (χ2v) is 4.55. The molecule has 84 valence electrons. The van der Waals surface area contributed by atoms with Crippen molar-refractivity contribution in [1.82, 2.24) is 0 Å². The third-order valence-corrected chi connectivity index (χ3v) is 3.18. The van der Waals surface area contributed by atoms with Gasteiger partial charge in [-0.2, -0.15) is 0 Å². The van der Waals surface area contributed by atoms with Crippen molar-refractivity contribution in [2.24, 2.45) is 11.5 Å². The summed E-state index contributed by atoms with van der Waals surface area (Å²) in [5, 5.41) is 0. The molecule has 2 heteroatoms. The largest absolute Gasteiger partial charge is 0.328 e. The van der Waals surface area contributed by atoms with Crippen molar-refractivity contribution < 1.29 is 0 Å². The molecule has 0 fully saturated rings. The van der Waals surface area contributed by atoms with Gasteiger partial charge < -0.3 is 11.5 Å². The predicted molar refractivity (Wildman–Crippen MR) is 65.7 cm³/mol. The van der Waals surface area contributed by atoms with E-state index in [1.54, 1.807) is 0 Å². The topological polar surface area (TPSA) is 52.0 Å². The van der Waals surface area contributed by atoms with E-state index in [0.717, 1.165) is 12.0 Å². The van der Waals surface area contributed by atoms with Gasteiger partial charge in [0.1, 0.15) is 0 Å². The third-order valence-electron chi connectivity index (χ3n) is 3.18. The summed E-state index contributed by atoms with van der Waals surface area (Å²) in [6.45, 7) is 6.87. The fraction of sp³-hybridized carbons (Fsp3) is 0.538. The van der Waals surface area contributed by atoms with E-state index in [-0.39, 0.29) is 0 Å². The lowest BCUT2D eigenvalue weighted by molar-refractivity contribution is 0.507. The second kappa shape index (κ2) is 4.77. The summed E-state index contributed by atoms with van der Waals surface area (Å²) < 4.78 is 0. The van der Waals surface area contributed by atoms with Gasteiger partial charge in [0.05, 0.1) is 5.54 Å². The lowest BCUT2D eigenvalue weighted by Gasteiger charge is -2.23. The van der Waals surface area contributed by atoms with Crippen LogP contribution in [0.1, 0.15) is 44.2 Å². The standard InChI is InChI=1S/C13H22N2/c1-4-10(2)11-5-7-12(8-6-11)13(3,15)9-14/h5-8,10H,4,9,14-15H2,1-3H3. The Morgan fingerprint density at radius 1 is 1.27 bits per heavy atom. The molecule has 1 rings (SSSR count). The lowest BCUT2D eigenvalue weighted by Crippen LogP contribution is -2.40. The maximum atomic E-state index is 6.07. The SMILES string of the molecule is CCC(C)c1ccc(C(C)(N)CN)cc1. The summed E-state index contributed by atoms with van der Waals surface area (Å²) in [4.78, 5) is 0. The molecule has 0 heterocycles. The highest BCUT2D eigenvalue weighted by molar-refractivity contribution is 5.29. The Kier molecular flexibility index (Phi) is 3.89. The normalized spacial score (nSPS) is 17.1. The van der Waals surface area contributed by atoms with Gasteiger partial charge in [-0.25, -0.2) is 0 Å². The first-order chi connectivity index (χ1) is 7.01. The molecular weight excluding hydrogens is 184 g/mol. The molecule has 0 bridgehead atoms. The molecule has 4 N–H and O–H groups in total. The molecule has 0 aliphatic rings. The molecule has 2 unspecified atom stereocenters. The van der Waals surface area contributed by atoms with E-state index in [1.165, 1.54) is 5.56 Å². The Morgan fingerprint density at radius 2 is 1.80 bits per heavy atom. The van der Waals surface area contributed by atoms with Crippen LogP contribution in [0.15, 0.2) is 24.3 Å². The molecule has 0 radical (unpaired) electrons. The fourth-order valence-corrected chi connectivity index (χ4v) is 1.55. The average Bonchev–Trinajstić information content (AvgIpc) is 2.28. The molecule has 0 saturated carbocycles. The van der Waals surface area contributed by atoms with Gasteiger partial charge in [0, 0.05) is 6.54 Å². The minimum absolute atomic E-state index is 0.409. The average molecular weight is 206 g/mol. The minimum atomic E-state index is -0.409. The smallest absolute Gasteiger partial charge is 0.0505 e. The molecule has 2 nitrogen and oxygen atoms in total. The monoisotopic (exact) mass is 206 g/mol. The van der Waals surface area contributed by atoms with Crippen LogP contribution < -0.4 is 11.5 Å². The van der Waals surface area contributed by atoms with Crippen molar-refractivity contribution in [3.05, 3.63) is 35.4 Å². The van der Waals surface area contributed by atoms with E-state index < -0.39 is 5.54 Å².